The fraction of sp³-hybridized carbons (Fsp3) is 0.500. The van der Waals surface area contributed by atoms with E-state index in [1.165, 1.54) is 4.90 Å². The van der Waals surface area contributed by atoms with E-state index < -0.39 is 5.97 Å². The number of carbonyl (C=O) groups excluding carboxylic acids is 1. The van der Waals surface area contributed by atoms with Gasteiger partial charge in [0.15, 0.2) is 0 Å². The summed E-state index contributed by atoms with van der Waals surface area (Å²) in [5.74, 6) is -0.466. The van der Waals surface area contributed by atoms with Crippen LogP contribution in [0.15, 0.2) is 18.2 Å². The van der Waals surface area contributed by atoms with Crippen molar-refractivity contribution in [3.05, 3.63) is 29.3 Å². The van der Waals surface area contributed by atoms with E-state index in [1.54, 1.807) is 13.8 Å². The SMILES string of the molecule is Cc1ccc(OCCC(=O)N(CC(=O)O)C(C)C)c(C)c1. The van der Waals surface area contributed by atoms with E-state index in [2.05, 4.69) is 0 Å². The van der Waals surface area contributed by atoms with Crippen LogP contribution in [-0.2, 0) is 9.59 Å². The summed E-state index contributed by atoms with van der Waals surface area (Å²) in [5, 5.41) is 8.82. The number of rotatable bonds is 7. The van der Waals surface area contributed by atoms with Crippen molar-refractivity contribution in [1.29, 1.82) is 0 Å². The summed E-state index contributed by atoms with van der Waals surface area (Å²) in [6.45, 7) is 7.52. The highest BCUT2D eigenvalue weighted by Crippen LogP contribution is 2.18. The Morgan fingerprint density at radius 2 is 1.95 bits per heavy atom. The summed E-state index contributed by atoms with van der Waals surface area (Å²) in [7, 11) is 0. The molecule has 1 N–H and O–H groups in total. The lowest BCUT2D eigenvalue weighted by atomic mass is 10.1. The van der Waals surface area contributed by atoms with Gasteiger partial charge in [-0.05, 0) is 39.3 Å². The van der Waals surface area contributed by atoms with E-state index in [-0.39, 0.29) is 31.5 Å². The molecule has 1 aromatic rings. The Kier molecular flexibility index (Phi) is 6.21. The molecule has 0 aliphatic heterocycles. The molecule has 0 aromatic heterocycles. The second kappa shape index (κ2) is 7.67. The molecule has 0 bridgehead atoms. The van der Waals surface area contributed by atoms with Crippen LogP contribution in [0, 0.1) is 13.8 Å². The molecule has 5 nitrogen and oxygen atoms in total. The van der Waals surface area contributed by atoms with E-state index in [0.717, 1.165) is 16.9 Å². The number of hydrogen-bond acceptors (Lipinski definition) is 3. The zero-order chi connectivity index (χ0) is 16.0. The molecule has 1 rings (SSSR count). The van der Waals surface area contributed by atoms with E-state index in [0.29, 0.717) is 0 Å². The number of carboxylic acid groups (broad SMARTS) is 1. The second-order valence-corrected chi connectivity index (χ2v) is 5.38. The third-order valence-electron chi connectivity index (χ3n) is 3.15. The highest BCUT2D eigenvalue weighted by molar-refractivity contribution is 5.81. The van der Waals surface area contributed by atoms with Crippen LogP contribution in [0.25, 0.3) is 0 Å². The van der Waals surface area contributed by atoms with Gasteiger partial charge in [-0.3, -0.25) is 9.59 Å². The number of aliphatic carboxylic acids is 1. The van der Waals surface area contributed by atoms with Gasteiger partial charge >= 0.3 is 5.97 Å². The van der Waals surface area contributed by atoms with Gasteiger partial charge in [0, 0.05) is 6.04 Å². The summed E-state index contributed by atoms with van der Waals surface area (Å²) in [6, 6.07) is 5.71. The minimum Gasteiger partial charge on any atom is -0.493 e. The molecule has 1 aromatic carbocycles. The molecular weight excluding hydrogens is 270 g/mol. The summed E-state index contributed by atoms with van der Waals surface area (Å²) in [5.41, 5.74) is 2.18. The van der Waals surface area contributed by atoms with Crippen LogP contribution in [0.3, 0.4) is 0 Å². The van der Waals surface area contributed by atoms with Crippen molar-refractivity contribution in [2.45, 2.75) is 40.2 Å². The average Bonchev–Trinajstić information content (AvgIpc) is 2.37. The minimum absolute atomic E-state index is 0.144. The average molecular weight is 293 g/mol. The highest BCUT2D eigenvalue weighted by Gasteiger charge is 2.19. The molecule has 116 valence electrons. The summed E-state index contributed by atoms with van der Waals surface area (Å²) >= 11 is 0. The van der Waals surface area contributed by atoms with Gasteiger partial charge in [-0.2, -0.15) is 0 Å². The van der Waals surface area contributed by atoms with E-state index in [1.807, 2.05) is 32.0 Å². The van der Waals surface area contributed by atoms with E-state index in [4.69, 9.17) is 9.84 Å². The van der Waals surface area contributed by atoms with Gasteiger partial charge in [0.1, 0.15) is 12.3 Å². The van der Waals surface area contributed by atoms with Gasteiger partial charge in [0.25, 0.3) is 0 Å². The molecule has 0 saturated carbocycles. The van der Waals surface area contributed by atoms with Gasteiger partial charge in [-0.25, -0.2) is 0 Å². The quantitative estimate of drug-likeness (QED) is 0.838. The molecule has 5 heteroatoms. The number of ether oxygens (including phenoxy) is 1. The number of carboxylic acids is 1. The van der Waals surface area contributed by atoms with Gasteiger partial charge in [0.2, 0.25) is 5.91 Å². The summed E-state index contributed by atoms with van der Waals surface area (Å²) in [4.78, 5) is 24.1. The Hall–Kier alpha value is -2.04. The first-order chi connectivity index (χ1) is 9.81. The fourth-order valence-corrected chi connectivity index (χ4v) is 2.06. The molecule has 0 heterocycles. The molecule has 21 heavy (non-hydrogen) atoms. The fourth-order valence-electron chi connectivity index (χ4n) is 2.06. The first-order valence-corrected chi connectivity index (χ1v) is 7.02. The first-order valence-electron chi connectivity index (χ1n) is 7.02. The maximum absolute atomic E-state index is 12.0. The number of nitrogens with zero attached hydrogens (tertiary/aromatic N) is 1. The van der Waals surface area contributed by atoms with Crippen molar-refractivity contribution < 1.29 is 19.4 Å². The van der Waals surface area contributed by atoms with Crippen LogP contribution in [0.4, 0.5) is 0 Å². The summed E-state index contributed by atoms with van der Waals surface area (Å²) in [6.07, 6.45) is 0.165. The predicted octanol–water partition coefficient (Wildman–Crippen LogP) is 2.39. The lowest BCUT2D eigenvalue weighted by Crippen LogP contribution is -2.41. The van der Waals surface area contributed by atoms with Crippen molar-refractivity contribution in [2.75, 3.05) is 13.2 Å². The Morgan fingerprint density at radius 3 is 2.48 bits per heavy atom. The standard InChI is InChI=1S/C16H23NO4/c1-11(2)17(10-16(19)20)15(18)7-8-21-14-6-5-12(3)9-13(14)4/h5-6,9,11H,7-8,10H2,1-4H3,(H,19,20). The molecule has 0 unspecified atom stereocenters. The molecule has 0 radical (unpaired) electrons. The molecular formula is C16H23NO4. The van der Waals surface area contributed by atoms with E-state index in [9.17, 15) is 9.59 Å². The van der Waals surface area contributed by atoms with Gasteiger partial charge < -0.3 is 14.7 Å². The normalized spacial score (nSPS) is 10.5. The summed E-state index contributed by atoms with van der Waals surface area (Å²) < 4.78 is 5.60. The van der Waals surface area contributed by atoms with Crippen molar-refractivity contribution in [1.82, 2.24) is 4.90 Å². The lowest BCUT2D eigenvalue weighted by molar-refractivity contribution is -0.146. The van der Waals surface area contributed by atoms with Crippen LogP contribution in [0.5, 0.6) is 5.75 Å². The molecule has 0 fully saturated rings. The zero-order valence-electron chi connectivity index (χ0n) is 13.0. The van der Waals surface area contributed by atoms with Crippen LogP contribution in [0.1, 0.15) is 31.4 Å². The molecule has 0 atom stereocenters. The molecule has 0 aliphatic carbocycles. The largest absolute Gasteiger partial charge is 0.493 e. The molecule has 0 aliphatic rings. The number of carbonyl (C=O) groups is 2. The van der Waals surface area contributed by atoms with E-state index >= 15 is 0 Å². The van der Waals surface area contributed by atoms with Crippen molar-refractivity contribution >= 4 is 11.9 Å². The van der Waals surface area contributed by atoms with Crippen molar-refractivity contribution in [3.63, 3.8) is 0 Å². The van der Waals surface area contributed by atoms with Crippen LogP contribution in [-0.4, -0.2) is 41.1 Å². The number of benzene rings is 1. The second-order valence-electron chi connectivity index (χ2n) is 5.38. The predicted molar refractivity (Wildman–Crippen MR) is 80.5 cm³/mol. The highest BCUT2D eigenvalue weighted by atomic mass is 16.5. The molecule has 0 spiro atoms. The van der Waals surface area contributed by atoms with Crippen molar-refractivity contribution in [2.24, 2.45) is 0 Å². The smallest absolute Gasteiger partial charge is 0.323 e. The molecule has 0 saturated heterocycles. The Labute approximate surface area is 125 Å². The first kappa shape index (κ1) is 17.0. The maximum Gasteiger partial charge on any atom is 0.323 e. The topological polar surface area (TPSA) is 66.8 Å². The minimum atomic E-state index is -1.01. The Bertz CT molecular complexity index is 511. The van der Waals surface area contributed by atoms with Crippen LogP contribution in [0.2, 0.25) is 0 Å². The zero-order valence-corrected chi connectivity index (χ0v) is 13.0. The monoisotopic (exact) mass is 293 g/mol. The van der Waals surface area contributed by atoms with Gasteiger partial charge in [-0.1, -0.05) is 17.7 Å². The Balaban J connectivity index is 2.53. The Morgan fingerprint density at radius 1 is 1.29 bits per heavy atom. The van der Waals surface area contributed by atoms with Crippen LogP contribution >= 0.6 is 0 Å². The van der Waals surface area contributed by atoms with Gasteiger partial charge in [0.05, 0.1) is 13.0 Å². The number of amides is 1. The number of aryl methyl sites for hydroxylation is 2. The van der Waals surface area contributed by atoms with Crippen molar-refractivity contribution in [3.8, 4) is 5.75 Å². The third-order valence-corrected chi connectivity index (χ3v) is 3.15. The number of hydrogen-bond donors (Lipinski definition) is 1. The van der Waals surface area contributed by atoms with Crippen LogP contribution < -0.4 is 4.74 Å². The maximum atomic E-state index is 12.0. The molecule has 1 amide bonds. The van der Waals surface area contributed by atoms with Gasteiger partial charge in [-0.15, -0.1) is 0 Å². The third kappa shape index (κ3) is 5.45. The lowest BCUT2D eigenvalue weighted by Gasteiger charge is -2.25.